The highest BCUT2D eigenvalue weighted by molar-refractivity contribution is 14.1. The lowest BCUT2D eigenvalue weighted by molar-refractivity contribution is -0.136. The molecule has 1 aromatic rings. The maximum absolute atomic E-state index is 11.5. The maximum Gasteiger partial charge on any atom is 0.315 e. The fourth-order valence-electron chi connectivity index (χ4n) is 1.66. The average molecular weight is 390 g/mol. The van der Waals surface area contributed by atoms with Crippen LogP contribution in [0.2, 0.25) is 0 Å². The first kappa shape index (κ1) is 16.7. The number of carboxylic acid groups (broad SMARTS) is 1. The van der Waals surface area contributed by atoms with Crippen molar-refractivity contribution in [2.75, 3.05) is 6.54 Å². The lowest BCUT2D eigenvalue weighted by Crippen LogP contribution is -2.41. The van der Waals surface area contributed by atoms with Crippen molar-refractivity contribution < 1.29 is 14.7 Å². The minimum atomic E-state index is -0.919. The van der Waals surface area contributed by atoms with E-state index in [4.69, 9.17) is 5.11 Å². The highest BCUT2D eigenvalue weighted by Gasteiger charge is 2.07. The fourth-order valence-corrected chi connectivity index (χ4v) is 2.02. The summed E-state index contributed by atoms with van der Waals surface area (Å²) in [5.41, 5.74) is 1.24. The molecule has 0 aliphatic carbocycles. The Hall–Kier alpha value is -1.31. The fraction of sp³-hybridized carbons (Fsp3) is 0.429. The number of aliphatic carboxylic acids is 1. The third-order valence-electron chi connectivity index (χ3n) is 2.78. The Balaban J connectivity index is 2.22. The molecule has 1 unspecified atom stereocenters. The van der Waals surface area contributed by atoms with Crippen LogP contribution in [0.5, 0.6) is 0 Å². The molecule has 110 valence electrons. The molecule has 0 radical (unpaired) electrons. The number of urea groups is 1. The first-order valence-electron chi connectivity index (χ1n) is 6.48. The van der Waals surface area contributed by atoms with E-state index in [0.29, 0.717) is 0 Å². The number of rotatable bonds is 7. The molecule has 0 saturated heterocycles. The van der Waals surface area contributed by atoms with Gasteiger partial charge in [-0.1, -0.05) is 12.1 Å². The molecule has 0 saturated carbocycles. The third kappa shape index (κ3) is 7.32. The molecule has 0 aliphatic rings. The van der Waals surface area contributed by atoms with Crippen LogP contribution in [0.25, 0.3) is 0 Å². The van der Waals surface area contributed by atoms with E-state index >= 15 is 0 Å². The van der Waals surface area contributed by atoms with E-state index in [1.165, 1.54) is 9.13 Å². The molecule has 0 bridgehead atoms. The molecule has 0 aliphatic heterocycles. The zero-order valence-electron chi connectivity index (χ0n) is 11.4. The summed E-state index contributed by atoms with van der Waals surface area (Å²) >= 11 is 2.26. The van der Waals surface area contributed by atoms with Crippen LogP contribution in [0, 0.1) is 3.57 Å². The molecule has 20 heavy (non-hydrogen) atoms. The van der Waals surface area contributed by atoms with Crippen molar-refractivity contribution in [3.05, 3.63) is 33.4 Å². The van der Waals surface area contributed by atoms with Crippen LogP contribution < -0.4 is 10.6 Å². The Kier molecular flexibility index (Phi) is 7.35. The highest BCUT2D eigenvalue weighted by Crippen LogP contribution is 2.09. The van der Waals surface area contributed by atoms with E-state index in [1.807, 2.05) is 6.92 Å². The van der Waals surface area contributed by atoms with Gasteiger partial charge in [0.15, 0.2) is 0 Å². The number of nitrogens with one attached hydrogen (secondary N) is 2. The monoisotopic (exact) mass is 390 g/mol. The predicted octanol–water partition coefficient (Wildman–Crippen LogP) is 2.39. The summed E-state index contributed by atoms with van der Waals surface area (Å²) in [6.07, 6.45) is 1.67. The molecule has 6 heteroatoms. The molecular formula is C14H19IN2O3. The van der Waals surface area contributed by atoms with Gasteiger partial charge >= 0.3 is 12.0 Å². The first-order valence-corrected chi connectivity index (χ1v) is 7.56. The summed E-state index contributed by atoms with van der Waals surface area (Å²) in [5, 5.41) is 13.8. The summed E-state index contributed by atoms with van der Waals surface area (Å²) in [4.78, 5) is 21.8. The zero-order valence-corrected chi connectivity index (χ0v) is 13.5. The van der Waals surface area contributed by atoms with Crippen molar-refractivity contribution in [1.29, 1.82) is 0 Å². The normalized spacial score (nSPS) is 11.7. The number of aryl methyl sites for hydroxylation is 1. The number of carbonyl (C=O) groups excluding carboxylic acids is 1. The average Bonchev–Trinajstić information content (AvgIpc) is 2.37. The number of hydrogen-bond acceptors (Lipinski definition) is 2. The minimum absolute atomic E-state index is 0.0408. The van der Waals surface area contributed by atoms with Gasteiger partial charge in [0.1, 0.15) is 0 Å². The molecule has 1 atom stereocenters. The Labute approximate surface area is 132 Å². The molecule has 5 nitrogen and oxygen atoms in total. The second-order valence-corrected chi connectivity index (χ2v) is 5.86. The van der Waals surface area contributed by atoms with Crippen molar-refractivity contribution in [2.24, 2.45) is 0 Å². The molecule has 2 amide bonds. The number of carboxylic acids is 1. The van der Waals surface area contributed by atoms with E-state index in [-0.39, 0.29) is 25.0 Å². The molecule has 0 fully saturated rings. The van der Waals surface area contributed by atoms with Gasteiger partial charge in [0.2, 0.25) is 0 Å². The van der Waals surface area contributed by atoms with Crippen molar-refractivity contribution in [3.8, 4) is 0 Å². The second-order valence-electron chi connectivity index (χ2n) is 4.61. The lowest BCUT2D eigenvalue weighted by Gasteiger charge is -2.14. The van der Waals surface area contributed by atoms with Crippen LogP contribution in [-0.2, 0) is 11.2 Å². The zero-order chi connectivity index (χ0) is 15.0. The first-order chi connectivity index (χ1) is 9.47. The van der Waals surface area contributed by atoms with E-state index in [1.54, 1.807) is 0 Å². The van der Waals surface area contributed by atoms with Crippen LogP contribution in [-0.4, -0.2) is 29.7 Å². The molecule has 1 aromatic carbocycles. The summed E-state index contributed by atoms with van der Waals surface area (Å²) in [7, 11) is 0. The van der Waals surface area contributed by atoms with Gasteiger partial charge in [-0.05, 0) is 60.1 Å². The Morgan fingerprint density at radius 1 is 1.30 bits per heavy atom. The summed E-state index contributed by atoms with van der Waals surface area (Å²) < 4.78 is 1.20. The van der Waals surface area contributed by atoms with Crippen LogP contribution in [0.4, 0.5) is 4.79 Å². The standard InChI is InChI=1S/C14H19IN2O3/c1-10(17-14(20)16-9-8-13(18)19)2-3-11-4-6-12(15)7-5-11/h4-7,10H,2-3,8-9H2,1H3,(H,18,19)(H2,16,17,20). The van der Waals surface area contributed by atoms with Crippen molar-refractivity contribution in [1.82, 2.24) is 10.6 Å². The number of amides is 2. The molecule has 0 aromatic heterocycles. The van der Waals surface area contributed by atoms with Gasteiger partial charge in [0, 0.05) is 16.2 Å². The van der Waals surface area contributed by atoms with Crippen molar-refractivity contribution >= 4 is 34.6 Å². The quantitative estimate of drug-likeness (QED) is 0.626. The van der Waals surface area contributed by atoms with Crippen LogP contribution in [0.3, 0.4) is 0 Å². The van der Waals surface area contributed by atoms with Gasteiger partial charge < -0.3 is 15.7 Å². The predicted molar refractivity (Wildman–Crippen MR) is 85.7 cm³/mol. The molecular weight excluding hydrogens is 371 g/mol. The summed E-state index contributed by atoms with van der Waals surface area (Å²) in [6, 6.07) is 8.02. The lowest BCUT2D eigenvalue weighted by atomic mass is 10.1. The highest BCUT2D eigenvalue weighted by atomic mass is 127. The molecule has 3 N–H and O–H groups in total. The van der Waals surface area contributed by atoms with Crippen molar-refractivity contribution in [2.45, 2.75) is 32.2 Å². The topological polar surface area (TPSA) is 78.4 Å². The smallest absolute Gasteiger partial charge is 0.315 e. The maximum atomic E-state index is 11.5. The largest absolute Gasteiger partial charge is 0.481 e. The number of benzene rings is 1. The van der Waals surface area contributed by atoms with Gasteiger partial charge in [-0.2, -0.15) is 0 Å². The Morgan fingerprint density at radius 3 is 2.55 bits per heavy atom. The van der Waals surface area contributed by atoms with Crippen molar-refractivity contribution in [3.63, 3.8) is 0 Å². The van der Waals surface area contributed by atoms with Gasteiger partial charge in [-0.3, -0.25) is 4.79 Å². The van der Waals surface area contributed by atoms with Gasteiger partial charge in [0.05, 0.1) is 6.42 Å². The Morgan fingerprint density at radius 2 is 1.95 bits per heavy atom. The van der Waals surface area contributed by atoms with E-state index in [2.05, 4.69) is 57.5 Å². The summed E-state index contributed by atoms with van der Waals surface area (Å²) in [5.74, 6) is -0.919. The number of hydrogen-bond donors (Lipinski definition) is 3. The number of carbonyl (C=O) groups is 2. The van der Waals surface area contributed by atoms with Gasteiger partial charge in [-0.15, -0.1) is 0 Å². The molecule has 0 heterocycles. The Bertz CT molecular complexity index is 448. The summed E-state index contributed by atoms with van der Waals surface area (Å²) in [6.45, 7) is 2.08. The van der Waals surface area contributed by atoms with E-state index in [0.717, 1.165) is 12.8 Å². The molecule has 1 rings (SSSR count). The van der Waals surface area contributed by atoms with Crippen LogP contribution in [0.1, 0.15) is 25.3 Å². The number of halogens is 1. The molecule has 0 spiro atoms. The van der Waals surface area contributed by atoms with E-state index in [9.17, 15) is 9.59 Å². The minimum Gasteiger partial charge on any atom is -0.481 e. The SMILES string of the molecule is CC(CCc1ccc(I)cc1)NC(=O)NCCC(=O)O. The van der Waals surface area contributed by atoms with Gasteiger partial charge in [0.25, 0.3) is 0 Å². The van der Waals surface area contributed by atoms with Crippen LogP contribution in [0.15, 0.2) is 24.3 Å². The van der Waals surface area contributed by atoms with Gasteiger partial charge in [-0.25, -0.2) is 4.79 Å². The third-order valence-corrected chi connectivity index (χ3v) is 3.50. The van der Waals surface area contributed by atoms with Crippen LogP contribution >= 0.6 is 22.6 Å². The second kappa shape index (κ2) is 8.78. The van der Waals surface area contributed by atoms with E-state index < -0.39 is 5.97 Å².